The minimum absolute atomic E-state index is 0.152. The molecule has 12 rings (SSSR count). The lowest BCUT2D eigenvalue weighted by Crippen LogP contribution is -2.29. The van der Waals surface area contributed by atoms with Crippen LogP contribution >= 0.6 is 0 Å². The summed E-state index contributed by atoms with van der Waals surface area (Å²) in [7, 11) is 0. The van der Waals surface area contributed by atoms with Crippen molar-refractivity contribution in [2.45, 2.75) is 18.3 Å². The van der Waals surface area contributed by atoms with Gasteiger partial charge in [-0.05, 0) is 149 Å². The first-order valence-electron chi connectivity index (χ1n) is 23.8. The number of nitrogens with zero attached hydrogens (tertiary/aromatic N) is 2. The quantitative estimate of drug-likeness (QED) is 0.0612. The minimum atomic E-state index is -0.627. The lowest BCUT2D eigenvalue weighted by molar-refractivity contribution is -0.139. The number of fused-ring (bicyclic) bond motifs is 8. The molecule has 0 amide bonds. The van der Waals surface area contributed by atoms with Crippen LogP contribution in [0.4, 0.5) is 11.4 Å². The van der Waals surface area contributed by atoms with Crippen LogP contribution in [0.15, 0.2) is 205 Å². The van der Waals surface area contributed by atoms with Crippen LogP contribution in [0.5, 0.6) is 11.5 Å². The van der Waals surface area contributed by atoms with E-state index in [0.717, 1.165) is 67.6 Å². The van der Waals surface area contributed by atoms with E-state index in [-0.39, 0.29) is 26.4 Å². The Bertz CT molecular complexity index is 3590. The second-order valence-electron chi connectivity index (χ2n) is 18.1. The average molecular weight is 927 g/mol. The summed E-state index contributed by atoms with van der Waals surface area (Å²) in [6, 6.07) is 61.1. The Labute approximate surface area is 410 Å². The summed E-state index contributed by atoms with van der Waals surface area (Å²) in [6.45, 7) is 7.68. The van der Waals surface area contributed by atoms with Crippen LogP contribution in [0.25, 0.3) is 43.4 Å². The van der Waals surface area contributed by atoms with Crippen molar-refractivity contribution in [3.63, 3.8) is 0 Å². The SMILES string of the molecule is C=CC(=O)OCCOc1ccc2cc(C3=Nc4ccc(C5(c6ccc7c(c6)CC(c6ccc8cc(OCCOC(=O)C=C)ccc8c6)=N7)c6ccccc6-c6cc7ccccc7cc65)cc4C3)ccc2c1. The van der Waals surface area contributed by atoms with E-state index in [2.05, 4.69) is 159 Å². The molecule has 0 bridgehead atoms. The zero-order valence-electron chi connectivity index (χ0n) is 38.8. The van der Waals surface area contributed by atoms with E-state index in [9.17, 15) is 9.59 Å². The van der Waals surface area contributed by atoms with Gasteiger partial charge in [0.2, 0.25) is 0 Å². The van der Waals surface area contributed by atoms with Crippen LogP contribution in [-0.4, -0.2) is 49.8 Å². The predicted octanol–water partition coefficient (Wildman–Crippen LogP) is 13.1. The first kappa shape index (κ1) is 43.4. The van der Waals surface area contributed by atoms with Gasteiger partial charge in [0.1, 0.15) is 37.9 Å². The van der Waals surface area contributed by atoms with Gasteiger partial charge in [-0.15, -0.1) is 0 Å². The third-order valence-electron chi connectivity index (χ3n) is 14.0. The molecule has 344 valence electrons. The van der Waals surface area contributed by atoms with Gasteiger partial charge in [-0.3, -0.25) is 9.98 Å². The molecule has 71 heavy (non-hydrogen) atoms. The summed E-state index contributed by atoms with van der Waals surface area (Å²) in [5, 5.41) is 6.69. The number of carbonyl (C=O) groups is 2. The highest BCUT2D eigenvalue weighted by Crippen LogP contribution is 2.58. The first-order valence-corrected chi connectivity index (χ1v) is 23.8. The van der Waals surface area contributed by atoms with E-state index in [1.54, 1.807) is 0 Å². The maximum Gasteiger partial charge on any atom is 0.330 e. The summed E-state index contributed by atoms with van der Waals surface area (Å²) < 4.78 is 21.8. The van der Waals surface area contributed by atoms with Gasteiger partial charge >= 0.3 is 11.9 Å². The fourth-order valence-corrected chi connectivity index (χ4v) is 10.7. The molecule has 0 saturated heterocycles. The van der Waals surface area contributed by atoms with Crippen LogP contribution in [0, 0.1) is 0 Å². The summed E-state index contributed by atoms with van der Waals surface area (Å²) in [5.41, 5.74) is 15.4. The number of hydrogen-bond donors (Lipinski definition) is 0. The highest BCUT2D eigenvalue weighted by Gasteiger charge is 2.47. The minimum Gasteiger partial charge on any atom is -0.490 e. The number of rotatable bonds is 14. The molecule has 0 radical (unpaired) electrons. The highest BCUT2D eigenvalue weighted by molar-refractivity contribution is 6.10. The van der Waals surface area contributed by atoms with Gasteiger partial charge in [0, 0.05) is 25.0 Å². The van der Waals surface area contributed by atoms with Crippen molar-refractivity contribution in [3.8, 4) is 22.6 Å². The summed E-state index contributed by atoms with van der Waals surface area (Å²) in [6.07, 6.45) is 3.70. The molecule has 8 nitrogen and oxygen atoms in total. The van der Waals surface area contributed by atoms with Gasteiger partial charge in [0.15, 0.2) is 0 Å². The third kappa shape index (κ3) is 7.84. The van der Waals surface area contributed by atoms with Gasteiger partial charge in [-0.25, -0.2) is 9.59 Å². The molecular weight excluding hydrogens is 881 g/mol. The largest absolute Gasteiger partial charge is 0.490 e. The van der Waals surface area contributed by atoms with Crippen LogP contribution in [-0.2, 0) is 37.3 Å². The molecule has 2 heterocycles. The van der Waals surface area contributed by atoms with E-state index >= 15 is 0 Å². The van der Waals surface area contributed by atoms with Gasteiger partial charge in [0.25, 0.3) is 0 Å². The van der Waals surface area contributed by atoms with Crippen LogP contribution in [0.3, 0.4) is 0 Å². The zero-order valence-corrected chi connectivity index (χ0v) is 38.8. The van der Waals surface area contributed by atoms with Crippen molar-refractivity contribution in [1.29, 1.82) is 0 Å². The van der Waals surface area contributed by atoms with E-state index in [1.807, 2.05) is 24.3 Å². The van der Waals surface area contributed by atoms with E-state index in [0.29, 0.717) is 24.3 Å². The molecule has 2 aliphatic heterocycles. The molecule has 0 saturated carbocycles. The van der Waals surface area contributed by atoms with Crippen molar-refractivity contribution in [2.75, 3.05) is 26.4 Å². The van der Waals surface area contributed by atoms with Crippen molar-refractivity contribution in [3.05, 3.63) is 240 Å². The van der Waals surface area contributed by atoms with Gasteiger partial charge in [0.05, 0.1) is 28.2 Å². The van der Waals surface area contributed by atoms with Gasteiger partial charge in [-0.2, -0.15) is 0 Å². The second-order valence-corrected chi connectivity index (χ2v) is 18.1. The number of aliphatic imine (C=N–C) groups is 2. The molecule has 0 aromatic heterocycles. The lowest BCUT2D eigenvalue weighted by Gasteiger charge is -2.34. The fourth-order valence-electron chi connectivity index (χ4n) is 10.7. The maximum atomic E-state index is 11.4. The second kappa shape index (κ2) is 17.9. The lowest BCUT2D eigenvalue weighted by atomic mass is 9.67. The number of esters is 2. The summed E-state index contributed by atoms with van der Waals surface area (Å²) in [4.78, 5) is 33.3. The Morgan fingerprint density at radius 3 is 1.49 bits per heavy atom. The van der Waals surface area contributed by atoms with Crippen molar-refractivity contribution in [1.82, 2.24) is 0 Å². The van der Waals surface area contributed by atoms with Gasteiger partial charge in [-0.1, -0.05) is 122 Å². The molecule has 8 heteroatoms. The summed E-state index contributed by atoms with van der Waals surface area (Å²) in [5.74, 6) is 0.490. The fraction of sp³-hybridized carbons (Fsp3) is 0.111. The monoisotopic (exact) mass is 926 g/mol. The first-order chi connectivity index (χ1) is 34.8. The normalized spacial score (nSPS) is 13.7. The summed E-state index contributed by atoms with van der Waals surface area (Å²) >= 11 is 0. The Balaban J connectivity index is 0.868. The predicted molar refractivity (Wildman–Crippen MR) is 282 cm³/mol. The Kier molecular flexibility index (Phi) is 10.9. The number of carbonyl (C=O) groups excluding carboxylic acids is 2. The van der Waals surface area contributed by atoms with E-state index in [1.165, 1.54) is 55.3 Å². The molecular formula is C63H46N2O6. The molecule has 0 atom stereocenters. The van der Waals surface area contributed by atoms with E-state index in [4.69, 9.17) is 28.9 Å². The van der Waals surface area contributed by atoms with Crippen molar-refractivity contribution >= 4 is 67.1 Å². The third-order valence-corrected chi connectivity index (χ3v) is 14.0. The molecule has 9 aromatic rings. The molecule has 1 aliphatic carbocycles. The number of benzene rings is 9. The van der Waals surface area contributed by atoms with E-state index < -0.39 is 17.4 Å². The van der Waals surface area contributed by atoms with Crippen molar-refractivity contribution in [2.24, 2.45) is 9.98 Å². The number of hydrogen-bond acceptors (Lipinski definition) is 8. The molecule has 0 unspecified atom stereocenters. The highest BCUT2D eigenvalue weighted by atomic mass is 16.6. The van der Waals surface area contributed by atoms with Crippen LogP contribution in [0.1, 0.15) is 44.5 Å². The molecule has 0 N–H and O–H groups in total. The Hall–Kier alpha value is -8.88. The Morgan fingerprint density at radius 2 is 0.944 bits per heavy atom. The topological polar surface area (TPSA) is 95.8 Å². The standard InChI is InChI=1S/C63H46N2O6/c1-3-61(66)70-27-25-68-51-21-17-41-29-45(15-13-43(41)33-51)59-37-47-31-49(19-23-57(47)64-59)63(55-12-8-7-11-53(55)54-35-39-9-5-6-10-40(39)36-56(54)63)50-20-24-58-48(32-50)38-60(65-58)46-16-14-44-34-52(22-18-42(44)30-46)69-26-28-71-62(67)4-2/h3-24,29-36H,1-2,25-28,37-38H2. The maximum absolute atomic E-state index is 11.4. The number of ether oxygens (including phenoxy) is 4. The van der Waals surface area contributed by atoms with Gasteiger partial charge < -0.3 is 18.9 Å². The smallest absolute Gasteiger partial charge is 0.330 e. The van der Waals surface area contributed by atoms with Crippen LogP contribution in [0.2, 0.25) is 0 Å². The molecule has 0 fully saturated rings. The molecule has 9 aromatic carbocycles. The van der Waals surface area contributed by atoms with Crippen LogP contribution < -0.4 is 9.47 Å². The Morgan fingerprint density at radius 1 is 0.465 bits per heavy atom. The average Bonchev–Trinajstić information content (AvgIpc) is 4.12. The molecule has 0 spiro atoms. The molecule has 3 aliphatic rings. The van der Waals surface area contributed by atoms with Crippen molar-refractivity contribution < 1.29 is 28.5 Å². The zero-order chi connectivity index (χ0) is 48.1.